The maximum atomic E-state index is 5.31. The van der Waals surface area contributed by atoms with Crippen LogP contribution >= 0.6 is 15.9 Å². The Hall–Kier alpha value is -0.580. The molecule has 2 atom stereocenters. The fraction of sp³-hybridized carbons (Fsp3) is 0.647. The van der Waals surface area contributed by atoms with E-state index in [0.29, 0.717) is 12.1 Å². The van der Waals surface area contributed by atoms with E-state index in [1.54, 1.807) is 7.11 Å². The molecule has 1 aliphatic rings. The standard InChI is InChI=1S/C17H27BrN2O/c1-12(2)7-15-9-19-13(3)10-20(15)11-14-5-6-17(21-4)16(18)8-14/h5-6,8,12-13,15,19H,7,9-11H2,1-4H3. The first-order valence-corrected chi connectivity index (χ1v) is 8.58. The van der Waals surface area contributed by atoms with Crippen LogP contribution in [0.3, 0.4) is 0 Å². The lowest BCUT2D eigenvalue weighted by Gasteiger charge is -2.40. The van der Waals surface area contributed by atoms with Gasteiger partial charge in [-0.1, -0.05) is 19.9 Å². The van der Waals surface area contributed by atoms with E-state index in [-0.39, 0.29) is 0 Å². The Morgan fingerprint density at radius 3 is 2.81 bits per heavy atom. The Morgan fingerprint density at radius 2 is 2.19 bits per heavy atom. The number of methoxy groups -OCH3 is 1. The van der Waals surface area contributed by atoms with Gasteiger partial charge in [0.1, 0.15) is 5.75 Å². The molecule has 1 heterocycles. The third-order valence-corrected chi connectivity index (χ3v) is 4.69. The topological polar surface area (TPSA) is 24.5 Å². The summed E-state index contributed by atoms with van der Waals surface area (Å²) in [7, 11) is 1.70. The Bertz CT molecular complexity index is 464. The molecular formula is C17H27BrN2O. The van der Waals surface area contributed by atoms with Gasteiger partial charge in [-0.05, 0) is 52.9 Å². The summed E-state index contributed by atoms with van der Waals surface area (Å²) < 4.78 is 6.34. The highest BCUT2D eigenvalue weighted by atomic mass is 79.9. The molecule has 118 valence electrons. The zero-order valence-corrected chi connectivity index (χ0v) is 15.1. The van der Waals surface area contributed by atoms with Crippen molar-refractivity contribution in [1.29, 1.82) is 0 Å². The minimum atomic E-state index is 0.565. The second-order valence-electron chi connectivity index (χ2n) is 6.49. The number of rotatable bonds is 5. The van der Waals surface area contributed by atoms with Crippen molar-refractivity contribution in [3.05, 3.63) is 28.2 Å². The molecule has 0 amide bonds. The van der Waals surface area contributed by atoms with E-state index in [1.807, 2.05) is 6.07 Å². The van der Waals surface area contributed by atoms with Crippen LogP contribution in [0.25, 0.3) is 0 Å². The quantitative estimate of drug-likeness (QED) is 0.872. The number of hydrogen-bond donors (Lipinski definition) is 1. The van der Waals surface area contributed by atoms with Crippen molar-refractivity contribution in [3.8, 4) is 5.75 Å². The van der Waals surface area contributed by atoms with Gasteiger partial charge in [0.05, 0.1) is 11.6 Å². The van der Waals surface area contributed by atoms with Crippen LogP contribution in [0.1, 0.15) is 32.8 Å². The molecule has 4 heteroatoms. The van der Waals surface area contributed by atoms with Crippen LogP contribution in [0.2, 0.25) is 0 Å². The van der Waals surface area contributed by atoms with Gasteiger partial charge in [-0.15, -0.1) is 0 Å². The summed E-state index contributed by atoms with van der Waals surface area (Å²) in [5.74, 6) is 1.63. The number of ether oxygens (including phenoxy) is 1. The first kappa shape index (κ1) is 16.8. The summed E-state index contributed by atoms with van der Waals surface area (Å²) in [6, 6.07) is 7.58. The molecule has 2 unspecified atom stereocenters. The normalized spacial score (nSPS) is 23.5. The van der Waals surface area contributed by atoms with Gasteiger partial charge >= 0.3 is 0 Å². The summed E-state index contributed by atoms with van der Waals surface area (Å²) in [5.41, 5.74) is 1.34. The van der Waals surface area contributed by atoms with Gasteiger partial charge in [0.25, 0.3) is 0 Å². The third kappa shape index (κ3) is 4.70. The maximum absolute atomic E-state index is 5.31. The summed E-state index contributed by atoms with van der Waals surface area (Å²) in [4.78, 5) is 2.62. The third-order valence-electron chi connectivity index (χ3n) is 4.07. The van der Waals surface area contributed by atoms with Crippen molar-refractivity contribution in [2.45, 2.75) is 45.8 Å². The van der Waals surface area contributed by atoms with Crippen LogP contribution in [0.4, 0.5) is 0 Å². The Kier molecular flexibility index (Phi) is 6.08. The van der Waals surface area contributed by atoms with Gasteiger partial charge in [0.15, 0.2) is 0 Å². The number of nitrogens with zero attached hydrogens (tertiary/aromatic N) is 1. The van der Waals surface area contributed by atoms with Gasteiger partial charge < -0.3 is 10.1 Å². The second kappa shape index (κ2) is 7.61. The lowest BCUT2D eigenvalue weighted by atomic mass is 9.98. The van der Waals surface area contributed by atoms with Gasteiger partial charge in [0, 0.05) is 31.7 Å². The molecule has 1 aliphatic heterocycles. The largest absolute Gasteiger partial charge is 0.496 e. The average molecular weight is 355 g/mol. The number of benzene rings is 1. The van der Waals surface area contributed by atoms with E-state index < -0.39 is 0 Å². The number of hydrogen-bond acceptors (Lipinski definition) is 3. The minimum absolute atomic E-state index is 0.565. The van der Waals surface area contributed by atoms with Crippen molar-refractivity contribution in [1.82, 2.24) is 10.2 Å². The minimum Gasteiger partial charge on any atom is -0.496 e. The smallest absolute Gasteiger partial charge is 0.133 e. The first-order chi connectivity index (χ1) is 9.99. The van der Waals surface area contributed by atoms with Gasteiger partial charge in [0.2, 0.25) is 0 Å². The monoisotopic (exact) mass is 354 g/mol. The van der Waals surface area contributed by atoms with Crippen LogP contribution in [0, 0.1) is 5.92 Å². The highest BCUT2D eigenvalue weighted by molar-refractivity contribution is 9.10. The van der Waals surface area contributed by atoms with Crippen molar-refractivity contribution >= 4 is 15.9 Å². The molecule has 3 nitrogen and oxygen atoms in total. The van der Waals surface area contributed by atoms with E-state index in [1.165, 1.54) is 12.0 Å². The fourth-order valence-corrected chi connectivity index (χ4v) is 3.63. The second-order valence-corrected chi connectivity index (χ2v) is 7.35. The molecule has 1 N–H and O–H groups in total. The fourth-order valence-electron chi connectivity index (χ4n) is 3.04. The summed E-state index contributed by atoms with van der Waals surface area (Å²) >= 11 is 3.58. The molecule has 0 bridgehead atoms. The van der Waals surface area contributed by atoms with E-state index in [2.05, 4.69) is 59.1 Å². The number of piperazine rings is 1. The van der Waals surface area contributed by atoms with Crippen LogP contribution in [-0.4, -0.2) is 37.2 Å². The lowest BCUT2D eigenvalue weighted by Crippen LogP contribution is -2.55. The van der Waals surface area contributed by atoms with Crippen molar-refractivity contribution in [3.63, 3.8) is 0 Å². The molecule has 1 saturated heterocycles. The van der Waals surface area contributed by atoms with Crippen molar-refractivity contribution in [2.24, 2.45) is 5.92 Å². The molecule has 1 aromatic carbocycles. The molecule has 1 fully saturated rings. The highest BCUT2D eigenvalue weighted by Crippen LogP contribution is 2.27. The zero-order chi connectivity index (χ0) is 15.4. The van der Waals surface area contributed by atoms with Crippen LogP contribution in [0.5, 0.6) is 5.75 Å². The zero-order valence-electron chi connectivity index (χ0n) is 13.5. The summed E-state index contributed by atoms with van der Waals surface area (Å²) in [6.07, 6.45) is 1.25. The van der Waals surface area contributed by atoms with E-state index >= 15 is 0 Å². The molecule has 0 aliphatic carbocycles. The average Bonchev–Trinajstić information content (AvgIpc) is 2.42. The molecule has 0 radical (unpaired) electrons. The first-order valence-electron chi connectivity index (χ1n) is 7.79. The van der Waals surface area contributed by atoms with Gasteiger partial charge in [-0.2, -0.15) is 0 Å². The molecule has 0 saturated carbocycles. The predicted molar refractivity (Wildman–Crippen MR) is 91.8 cm³/mol. The Labute approximate surface area is 137 Å². The van der Waals surface area contributed by atoms with E-state index in [9.17, 15) is 0 Å². The van der Waals surface area contributed by atoms with Crippen LogP contribution < -0.4 is 10.1 Å². The van der Waals surface area contributed by atoms with Gasteiger partial charge in [-0.25, -0.2) is 0 Å². The van der Waals surface area contributed by atoms with E-state index in [0.717, 1.165) is 35.8 Å². The number of nitrogens with one attached hydrogen (secondary N) is 1. The van der Waals surface area contributed by atoms with Gasteiger partial charge in [-0.3, -0.25) is 4.90 Å². The molecule has 0 spiro atoms. The Morgan fingerprint density at radius 1 is 1.43 bits per heavy atom. The van der Waals surface area contributed by atoms with Crippen LogP contribution in [0.15, 0.2) is 22.7 Å². The molecule has 1 aromatic rings. The molecule has 2 rings (SSSR count). The van der Waals surface area contributed by atoms with E-state index in [4.69, 9.17) is 4.74 Å². The Balaban J connectivity index is 2.08. The molecule has 21 heavy (non-hydrogen) atoms. The maximum Gasteiger partial charge on any atom is 0.133 e. The molecular weight excluding hydrogens is 328 g/mol. The predicted octanol–water partition coefficient (Wildman–Crippen LogP) is 3.67. The van der Waals surface area contributed by atoms with Crippen molar-refractivity contribution < 1.29 is 4.74 Å². The molecule has 0 aromatic heterocycles. The lowest BCUT2D eigenvalue weighted by molar-refractivity contribution is 0.111. The SMILES string of the molecule is COc1ccc(CN2CC(C)NCC2CC(C)C)cc1Br. The number of halogens is 1. The highest BCUT2D eigenvalue weighted by Gasteiger charge is 2.26. The van der Waals surface area contributed by atoms with Crippen molar-refractivity contribution in [2.75, 3.05) is 20.2 Å². The summed E-state index contributed by atoms with van der Waals surface area (Å²) in [6.45, 7) is 10.1. The summed E-state index contributed by atoms with van der Waals surface area (Å²) in [5, 5.41) is 3.61. The van der Waals surface area contributed by atoms with Crippen LogP contribution in [-0.2, 0) is 6.54 Å².